The number of rotatable bonds is 4. The maximum absolute atomic E-state index is 12.8. The van der Waals surface area contributed by atoms with Crippen molar-refractivity contribution in [2.75, 3.05) is 5.43 Å². The Hall–Kier alpha value is -2.28. The Kier molecular flexibility index (Phi) is 4.09. The summed E-state index contributed by atoms with van der Waals surface area (Å²) in [4.78, 5) is 3.94. The number of nitrogens with one attached hydrogen (secondary N) is 1. The molecule has 1 heterocycles. The van der Waals surface area contributed by atoms with E-state index in [0.717, 1.165) is 6.07 Å². The average Bonchev–Trinajstić information content (AvgIpc) is 2.45. The third-order valence-electron chi connectivity index (χ3n) is 2.56. The summed E-state index contributed by atoms with van der Waals surface area (Å²) < 4.78 is 43.5. The maximum Gasteiger partial charge on any atom is 0.419 e. The quantitative estimate of drug-likeness (QED) is 0.669. The SMILES string of the molecule is NNc1ccc(COc2ccccc2C(F)(F)F)cn1. The maximum atomic E-state index is 12.8. The molecule has 0 bridgehead atoms. The molecule has 0 atom stereocenters. The number of hydrogen-bond donors (Lipinski definition) is 2. The number of nitrogen functional groups attached to an aromatic ring is 1. The Morgan fingerprint density at radius 3 is 2.50 bits per heavy atom. The second kappa shape index (κ2) is 5.79. The summed E-state index contributed by atoms with van der Waals surface area (Å²) in [6.45, 7) is -0.00898. The van der Waals surface area contributed by atoms with Crippen LogP contribution in [0.5, 0.6) is 5.75 Å². The molecule has 0 radical (unpaired) electrons. The molecule has 0 saturated carbocycles. The van der Waals surface area contributed by atoms with Gasteiger partial charge in [0.15, 0.2) is 0 Å². The van der Waals surface area contributed by atoms with Gasteiger partial charge in [-0.15, -0.1) is 0 Å². The van der Waals surface area contributed by atoms with Crippen molar-refractivity contribution in [3.63, 3.8) is 0 Å². The molecule has 0 spiro atoms. The predicted molar refractivity (Wildman–Crippen MR) is 67.8 cm³/mol. The van der Waals surface area contributed by atoms with E-state index in [2.05, 4.69) is 10.4 Å². The van der Waals surface area contributed by atoms with Gasteiger partial charge in [-0.1, -0.05) is 18.2 Å². The van der Waals surface area contributed by atoms with Crippen molar-refractivity contribution < 1.29 is 17.9 Å². The standard InChI is InChI=1S/C13H12F3N3O/c14-13(15,16)10-3-1-2-4-11(10)20-8-9-5-6-12(19-17)18-7-9/h1-7H,8,17H2,(H,18,19). The van der Waals surface area contributed by atoms with Gasteiger partial charge in [0.05, 0.1) is 5.56 Å². The van der Waals surface area contributed by atoms with E-state index in [4.69, 9.17) is 10.6 Å². The highest BCUT2D eigenvalue weighted by Gasteiger charge is 2.33. The average molecular weight is 283 g/mol. The van der Waals surface area contributed by atoms with Crippen LogP contribution in [-0.4, -0.2) is 4.98 Å². The summed E-state index contributed by atoms with van der Waals surface area (Å²) in [5.74, 6) is 5.42. The number of halogens is 3. The Balaban J connectivity index is 2.10. The normalized spacial score (nSPS) is 11.2. The summed E-state index contributed by atoms with van der Waals surface area (Å²) in [5, 5.41) is 0. The fraction of sp³-hybridized carbons (Fsp3) is 0.154. The molecule has 1 aromatic carbocycles. The van der Waals surface area contributed by atoms with Crippen LogP contribution in [0.15, 0.2) is 42.6 Å². The number of nitrogens with two attached hydrogens (primary N) is 1. The number of pyridine rings is 1. The fourth-order valence-corrected chi connectivity index (χ4v) is 1.58. The molecule has 0 saturated heterocycles. The summed E-state index contributed by atoms with van der Waals surface area (Å²) >= 11 is 0. The second-order valence-electron chi connectivity index (χ2n) is 3.98. The Morgan fingerprint density at radius 1 is 1.15 bits per heavy atom. The summed E-state index contributed by atoms with van der Waals surface area (Å²) in [5.41, 5.74) is 2.20. The molecule has 0 fully saturated rings. The second-order valence-corrected chi connectivity index (χ2v) is 3.98. The van der Waals surface area contributed by atoms with E-state index in [9.17, 15) is 13.2 Å². The fourth-order valence-electron chi connectivity index (χ4n) is 1.58. The first-order valence-electron chi connectivity index (χ1n) is 5.71. The van der Waals surface area contributed by atoms with Crippen molar-refractivity contribution in [1.82, 2.24) is 4.98 Å². The Morgan fingerprint density at radius 2 is 1.90 bits per heavy atom. The molecule has 2 rings (SSSR count). The van der Waals surface area contributed by atoms with Crippen LogP contribution < -0.4 is 16.0 Å². The molecule has 0 amide bonds. The van der Waals surface area contributed by atoms with E-state index in [1.807, 2.05) is 0 Å². The smallest absolute Gasteiger partial charge is 0.419 e. The zero-order chi connectivity index (χ0) is 14.6. The molecule has 4 nitrogen and oxygen atoms in total. The van der Waals surface area contributed by atoms with Crippen LogP contribution in [-0.2, 0) is 12.8 Å². The first-order chi connectivity index (χ1) is 9.50. The van der Waals surface area contributed by atoms with Crippen LogP contribution in [0, 0.1) is 0 Å². The highest BCUT2D eigenvalue weighted by atomic mass is 19.4. The molecule has 0 aliphatic rings. The molecule has 7 heteroatoms. The van der Waals surface area contributed by atoms with Gasteiger partial charge in [0.25, 0.3) is 0 Å². The lowest BCUT2D eigenvalue weighted by Crippen LogP contribution is -2.09. The molecule has 0 aliphatic carbocycles. The first kappa shape index (κ1) is 14.1. The highest BCUT2D eigenvalue weighted by molar-refractivity contribution is 5.36. The van der Waals surface area contributed by atoms with E-state index in [1.165, 1.54) is 24.4 Å². The number of para-hydroxylation sites is 1. The van der Waals surface area contributed by atoms with E-state index < -0.39 is 11.7 Å². The van der Waals surface area contributed by atoms with Crippen molar-refractivity contribution in [2.24, 2.45) is 5.84 Å². The lowest BCUT2D eigenvalue weighted by atomic mass is 10.2. The topological polar surface area (TPSA) is 60.2 Å². The highest BCUT2D eigenvalue weighted by Crippen LogP contribution is 2.36. The van der Waals surface area contributed by atoms with Gasteiger partial charge in [-0.2, -0.15) is 13.2 Å². The molecule has 0 unspecified atom stereocenters. The molecule has 1 aromatic heterocycles. The minimum atomic E-state index is -4.44. The van der Waals surface area contributed by atoms with E-state index in [1.54, 1.807) is 12.1 Å². The first-order valence-corrected chi connectivity index (χ1v) is 5.71. The van der Waals surface area contributed by atoms with Gasteiger partial charge < -0.3 is 10.2 Å². The van der Waals surface area contributed by atoms with E-state index in [-0.39, 0.29) is 12.4 Å². The van der Waals surface area contributed by atoms with Crippen molar-refractivity contribution in [1.29, 1.82) is 0 Å². The lowest BCUT2D eigenvalue weighted by Gasteiger charge is -2.13. The van der Waals surface area contributed by atoms with Gasteiger partial charge in [-0.3, -0.25) is 0 Å². The van der Waals surface area contributed by atoms with Crippen LogP contribution in [0.3, 0.4) is 0 Å². The monoisotopic (exact) mass is 283 g/mol. The summed E-state index contributed by atoms with van der Waals surface area (Å²) in [6, 6.07) is 8.34. The van der Waals surface area contributed by atoms with E-state index >= 15 is 0 Å². The molecule has 106 valence electrons. The summed E-state index contributed by atoms with van der Waals surface area (Å²) in [6.07, 6.45) is -2.96. The van der Waals surface area contributed by atoms with E-state index in [0.29, 0.717) is 11.4 Å². The largest absolute Gasteiger partial charge is 0.488 e. The molecule has 3 N–H and O–H groups in total. The van der Waals surface area contributed by atoms with Crippen LogP contribution in [0.2, 0.25) is 0 Å². The van der Waals surface area contributed by atoms with Gasteiger partial charge in [0.2, 0.25) is 0 Å². The van der Waals surface area contributed by atoms with Gasteiger partial charge in [-0.25, -0.2) is 10.8 Å². The van der Waals surface area contributed by atoms with Crippen molar-refractivity contribution >= 4 is 5.82 Å². The zero-order valence-electron chi connectivity index (χ0n) is 10.3. The Bertz CT molecular complexity index is 570. The third-order valence-corrected chi connectivity index (χ3v) is 2.56. The number of ether oxygens (including phenoxy) is 1. The summed E-state index contributed by atoms with van der Waals surface area (Å²) in [7, 11) is 0. The lowest BCUT2D eigenvalue weighted by molar-refractivity contribution is -0.139. The number of nitrogens with zero attached hydrogens (tertiary/aromatic N) is 1. The number of hydrogen-bond acceptors (Lipinski definition) is 4. The number of alkyl halides is 3. The minimum Gasteiger partial charge on any atom is -0.488 e. The molecular weight excluding hydrogens is 271 g/mol. The van der Waals surface area contributed by atoms with Crippen molar-refractivity contribution in [3.05, 3.63) is 53.7 Å². The molecule has 2 aromatic rings. The zero-order valence-corrected chi connectivity index (χ0v) is 10.3. The number of aromatic nitrogens is 1. The van der Waals surface area contributed by atoms with Crippen LogP contribution in [0.1, 0.15) is 11.1 Å². The molecule has 20 heavy (non-hydrogen) atoms. The molecular formula is C13H12F3N3O. The third kappa shape index (κ3) is 3.39. The number of anilines is 1. The van der Waals surface area contributed by atoms with Gasteiger partial charge in [0, 0.05) is 11.8 Å². The van der Waals surface area contributed by atoms with Crippen LogP contribution in [0.4, 0.5) is 19.0 Å². The van der Waals surface area contributed by atoms with Crippen molar-refractivity contribution in [3.8, 4) is 5.75 Å². The van der Waals surface area contributed by atoms with Gasteiger partial charge >= 0.3 is 6.18 Å². The van der Waals surface area contributed by atoms with Crippen LogP contribution in [0.25, 0.3) is 0 Å². The predicted octanol–water partition coefficient (Wildman–Crippen LogP) is 2.97. The van der Waals surface area contributed by atoms with Gasteiger partial charge in [0.1, 0.15) is 18.2 Å². The number of benzene rings is 1. The van der Waals surface area contributed by atoms with Crippen LogP contribution >= 0.6 is 0 Å². The van der Waals surface area contributed by atoms with Crippen molar-refractivity contribution in [2.45, 2.75) is 12.8 Å². The molecule has 0 aliphatic heterocycles. The van der Waals surface area contributed by atoms with Gasteiger partial charge in [-0.05, 0) is 18.2 Å². The Labute approximate surface area is 113 Å². The minimum absolute atomic E-state index is 0.00898. The number of hydrazine groups is 1.